The number of fused-ring (bicyclic) bond motifs is 1. The van der Waals surface area contributed by atoms with E-state index in [0.29, 0.717) is 29.8 Å². The molecular weight excluding hydrogens is 346 g/mol. The van der Waals surface area contributed by atoms with Crippen LogP contribution in [0.1, 0.15) is 39.7 Å². The summed E-state index contributed by atoms with van der Waals surface area (Å²) in [5.41, 5.74) is 2.63. The minimum absolute atomic E-state index is 0.0246. The van der Waals surface area contributed by atoms with Crippen LogP contribution in [-0.4, -0.2) is 36.9 Å². The molecule has 0 radical (unpaired) electrons. The zero-order valence-corrected chi connectivity index (χ0v) is 15.6. The van der Waals surface area contributed by atoms with Crippen LogP contribution in [0.5, 0.6) is 0 Å². The van der Waals surface area contributed by atoms with Crippen LogP contribution >= 0.6 is 11.3 Å². The molecule has 0 spiro atoms. The van der Waals surface area contributed by atoms with Gasteiger partial charge in [-0.3, -0.25) is 14.5 Å². The van der Waals surface area contributed by atoms with E-state index < -0.39 is 0 Å². The molecule has 26 heavy (non-hydrogen) atoms. The monoisotopic (exact) mass is 369 g/mol. The molecule has 1 saturated carbocycles. The quantitative estimate of drug-likeness (QED) is 0.852. The molecule has 2 aliphatic rings. The maximum absolute atomic E-state index is 12.6. The van der Waals surface area contributed by atoms with Crippen LogP contribution in [0.3, 0.4) is 0 Å². The second-order valence-electron chi connectivity index (χ2n) is 7.01. The molecule has 1 aliphatic heterocycles. The third-order valence-electron chi connectivity index (χ3n) is 5.17. The summed E-state index contributed by atoms with van der Waals surface area (Å²) in [5, 5.41) is 7.72. The molecule has 5 nitrogen and oxygen atoms in total. The van der Waals surface area contributed by atoms with Gasteiger partial charge >= 0.3 is 0 Å². The number of carbonyl (C=O) groups is 2. The minimum atomic E-state index is -0.157. The summed E-state index contributed by atoms with van der Waals surface area (Å²) in [6.07, 6.45) is 3.54. The number of nitrogens with one attached hydrogen (secondary N) is 2. The Balaban J connectivity index is 1.44. The van der Waals surface area contributed by atoms with Gasteiger partial charge in [0.1, 0.15) is 0 Å². The number of hydrogen-bond donors (Lipinski definition) is 2. The molecule has 0 unspecified atom stereocenters. The van der Waals surface area contributed by atoms with Crippen molar-refractivity contribution < 1.29 is 9.59 Å². The van der Waals surface area contributed by atoms with E-state index in [2.05, 4.69) is 27.0 Å². The largest absolute Gasteiger partial charge is 0.355 e. The van der Waals surface area contributed by atoms with Gasteiger partial charge in [0.05, 0.1) is 6.54 Å². The van der Waals surface area contributed by atoms with Crippen molar-refractivity contribution >= 4 is 28.8 Å². The molecule has 1 atom stereocenters. The Morgan fingerprint density at radius 2 is 2.12 bits per heavy atom. The average Bonchev–Trinajstić information content (AvgIpc) is 3.37. The molecule has 6 heteroatoms. The highest BCUT2D eigenvalue weighted by Gasteiger charge is 2.40. The predicted molar refractivity (Wildman–Crippen MR) is 104 cm³/mol. The van der Waals surface area contributed by atoms with E-state index in [1.165, 1.54) is 23.3 Å². The Kier molecular flexibility index (Phi) is 4.78. The maximum atomic E-state index is 12.6. The summed E-state index contributed by atoms with van der Waals surface area (Å²) in [6, 6.07) is 9.66. The second-order valence-corrected chi connectivity index (χ2v) is 8.01. The third-order valence-corrected chi connectivity index (χ3v) is 6.17. The molecule has 1 aromatic carbocycles. The van der Waals surface area contributed by atoms with Crippen molar-refractivity contribution in [2.75, 3.05) is 25.5 Å². The van der Waals surface area contributed by atoms with Crippen molar-refractivity contribution in [3.05, 3.63) is 51.7 Å². The van der Waals surface area contributed by atoms with Crippen LogP contribution in [-0.2, 0) is 11.2 Å². The third kappa shape index (κ3) is 3.52. The number of anilines is 1. The maximum Gasteiger partial charge on any atom is 0.251 e. The lowest BCUT2D eigenvalue weighted by molar-refractivity contribution is -0.118. The molecular formula is C20H23N3O2S. The van der Waals surface area contributed by atoms with Gasteiger partial charge in [0, 0.05) is 35.8 Å². The van der Waals surface area contributed by atoms with E-state index in [-0.39, 0.29) is 11.8 Å². The Morgan fingerprint density at radius 1 is 1.27 bits per heavy atom. The first-order chi connectivity index (χ1) is 12.7. The van der Waals surface area contributed by atoms with Gasteiger partial charge in [-0.25, -0.2) is 0 Å². The molecule has 4 rings (SSSR count). The number of rotatable bonds is 5. The molecule has 2 aromatic rings. The highest BCUT2D eigenvalue weighted by molar-refractivity contribution is 7.10. The molecule has 1 fully saturated rings. The predicted octanol–water partition coefficient (Wildman–Crippen LogP) is 3.06. The summed E-state index contributed by atoms with van der Waals surface area (Å²) in [4.78, 5) is 28.2. The van der Waals surface area contributed by atoms with Crippen LogP contribution in [0.15, 0.2) is 35.7 Å². The standard InChI is InChI=1S/C20H23N3O2S/c1-21-20(25)14-3-2-4-15(11-14)22-18(24)12-23-9-7-17-16(8-10-26-17)19(23)13-5-6-13/h2-4,8,10-11,13,19H,5-7,9,12H2,1H3,(H,21,25)(H,22,24)/t19-/m1/s1. The molecule has 0 bridgehead atoms. The van der Waals surface area contributed by atoms with Crippen molar-refractivity contribution in [1.82, 2.24) is 10.2 Å². The molecule has 2 N–H and O–H groups in total. The lowest BCUT2D eigenvalue weighted by Crippen LogP contribution is -2.41. The van der Waals surface area contributed by atoms with Gasteiger partial charge in [0.25, 0.3) is 5.91 Å². The fourth-order valence-corrected chi connectivity index (χ4v) is 4.72. The van der Waals surface area contributed by atoms with Gasteiger partial charge < -0.3 is 10.6 Å². The van der Waals surface area contributed by atoms with E-state index in [1.54, 1.807) is 25.2 Å². The van der Waals surface area contributed by atoms with E-state index in [9.17, 15) is 9.59 Å². The van der Waals surface area contributed by atoms with Gasteiger partial charge in [0.15, 0.2) is 0 Å². The van der Waals surface area contributed by atoms with Crippen LogP contribution < -0.4 is 10.6 Å². The number of benzene rings is 1. The summed E-state index contributed by atoms with van der Waals surface area (Å²) < 4.78 is 0. The zero-order chi connectivity index (χ0) is 18.1. The SMILES string of the molecule is CNC(=O)c1cccc(NC(=O)CN2CCc3sccc3[C@H]2C2CC2)c1. The lowest BCUT2D eigenvalue weighted by Gasteiger charge is -2.35. The molecule has 136 valence electrons. The van der Waals surface area contributed by atoms with Gasteiger partial charge in [-0.2, -0.15) is 0 Å². The summed E-state index contributed by atoms with van der Waals surface area (Å²) in [6.45, 7) is 1.32. The smallest absolute Gasteiger partial charge is 0.251 e. The number of nitrogens with zero attached hydrogens (tertiary/aromatic N) is 1. The highest BCUT2D eigenvalue weighted by atomic mass is 32.1. The minimum Gasteiger partial charge on any atom is -0.355 e. The van der Waals surface area contributed by atoms with Crippen LogP contribution in [0.4, 0.5) is 5.69 Å². The highest BCUT2D eigenvalue weighted by Crippen LogP contribution is 2.48. The second kappa shape index (κ2) is 7.21. The summed E-state index contributed by atoms with van der Waals surface area (Å²) >= 11 is 1.84. The van der Waals surface area contributed by atoms with Gasteiger partial charge in [-0.15, -0.1) is 11.3 Å². The zero-order valence-electron chi connectivity index (χ0n) is 14.8. The van der Waals surface area contributed by atoms with Crippen molar-refractivity contribution in [2.24, 2.45) is 5.92 Å². The van der Waals surface area contributed by atoms with Gasteiger partial charge in [-0.1, -0.05) is 6.07 Å². The molecule has 0 saturated heterocycles. The topological polar surface area (TPSA) is 61.4 Å². The summed E-state index contributed by atoms with van der Waals surface area (Å²) in [7, 11) is 1.60. The van der Waals surface area contributed by atoms with E-state index in [0.717, 1.165) is 13.0 Å². The van der Waals surface area contributed by atoms with Crippen molar-refractivity contribution in [1.29, 1.82) is 0 Å². The molecule has 2 amide bonds. The average molecular weight is 369 g/mol. The van der Waals surface area contributed by atoms with E-state index in [4.69, 9.17) is 0 Å². The Hall–Kier alpha value is -2.18. The Bertz CT molecular complexity index is 828. The van der Waals surface area contributed by atoms with Gasteiger partial charge in [0.2, 0.25) is 5.91 Å². The fourth-order valence-electron chi connectivity index (χ4n) is 3.81. The lowest BCUT2D eigenvalue weighted by atomic mass is 9.96. The van der Waals surface area contributed by atoms with Crippen molar-refractivity contribution in [3.8, 4) is 0 Å². The number of hydrogen-bond acceptors (Lipinski definition) is 4. The fraction of sp³-hybridized carbons (Fsp3) is 0.400. The first kappa shape index (κ1) is 17.2. The van der Waals surface area contributed by atoms with E-state index >= 15 is 0 Å². The normalized spacial score (nSPS) is 19.7. The van der Waals surface area contributed by atoms with Crippen LogP contribution in [0.2, 0.25) is 0 Å². The number of thiophene rings is 1. The van der Waals surface area contributed by atoms with Crippen LogP contribution in [0, 0.1) is 5.92 Å². The molecule has 2 heterocycles. The summed E-state index contributed by atoms with van der Waals surface area (Å²) in [5.74, 6) is 0.507. The van der Waals surface area contributed by atoms with Crippen molar-refractivity contribution in [2.45, 2.75) is 25.3 Å². The van der Waals surface area contributed by atoms with Crippen LogP contribution in [0.25, 0.3) is 0 Å². The van der Waals surface area contributed by atoms with E-state index in [1.807, 2.05) is 17.4 Å². The number of carbonyl (C=O) groups excluding carboxylic acids is 2. The Morgan fingerprint density at radius 3 is 2.88 bits per heavy atom. The number of amides is 2. The first-order valence-electron chi connectivity index (χ1n) is 9.08. The first-order valence-corrected chi connectivity index (χ1v) is 9.96. The molecule has 1 aliphatic carbocycles. The van der Waals surface area contributed by atoms with Crippen molar-refractivity contribution in [3.63, 3.8) is 0 Å². The van der Waals surface area contributed by atoms with Gasteiger partial charge in [-0.05, 0) is 60.4 Å². The molecule has 1 aromatic heterocycles. The Labute approximate surface area is 157 Å².